The number of piperidine rings is 2. The molecule has 2 saturated heterocycles. The van der Waals surface area contributed by atoms with Crippen molar-refractivity contribution in [2.75, 3.05) is 29.0 Å². The Balaban J connectivity index is 0.936. The predicted octanol–water partition coefficient (Wildman–Crippen LogP) is 4.20. The number of benzene rings is 3. The first-order chi connectivity index (χ1) is 25.8. The van der Waals surface area contributed by atoms with Gasteiger partial charge in [-0.15, -0.1) is 0 Å². The molecule has 3 aromatic carbocycles. The van der Waals surface area contributed by atoms with Crippen molar-refractivity contribution in [3.05, 3.63) is 107 Å². The zero-order chi connectivity index (χ0) is 38.2. The highest BCUT2D eigenvalue weighted by molar-refractivity contribution is 7.92. The van der Waals surface area contributed by atoms with Gasteiger partial charge in [0.2, 0.25) is 27.8 Å². The number of hydrogen-bond donors (Lipinski definition) is 2. The zero-order valence-corrected chi connectivity index (χ0v) is 30.9. The average Bonchev–Trinajstić information content (AvgIpc) is 3.40. The van der Waals surface area contributed by atoms with E-state index in [1.54, 1.807) is 18.2 Å². The molecule has 2 N–H and O–H groups in total. The lowest BCUT2D eigenvalue weighted by molar-refractivity contribution is -0.136. The summed E-state index contributed by atoms with van der Waals surface area (Å²) in [5.41, 5.74) is 3.64. The monoisotopic (exact) mass is 752 g/mol. The molecule has 3 aliphatic rings. The molecule has 0 radical (unpaired) electrons. The van der Waals surface area contributed by atoms with Gasteiger partial charge in [-0.3, -0.25) is 34.1 Å². The van der Waals surface area contributed by atoms with Crippen LogP contribution in [0.25, 0.3) is 0 Å². The van der Waals surface area contributed by atoms with Crippen LogP contribution in [-0.2, 0) is 31.6 Å². The Morgan fingerprint density at radius 3 is 2.19 bits per heavy atom. The van der Waals surface area contributed by atoms with E-state index in [9.17, 15) is 27.6 Å². The highest BCUT2D eigenvalue weighted by Gasteiger charge is 2.46. The highest BCUT2D eigenvalue weighted by atomic mass is 32.2. The fourth-order valence-electron chi connectivity index (χ4n) is 7.10. The minimum atomic E-state index is -3.49. The number of amides is 4. The van der Waals surface area contributed by atoms with Gasteiger partial charge in [0.05, 0.1) is 28.8 Å². The standard InChI is InChI=1S/C39H40N6O8S/c1-39(2,24-7-11-27(12-8-24)52-23-26-17-20-40-38(41-26)43-54(3,50)51)25-9-13-28(14-10-25)53-29-18-21-44(22-19-29)31-6-4-5-30-34(31)37(49)45(36(30)48)32-15-16-33(46)42-35(32)47/h4-14,17,20,29,32H,15-16,18-19,21-23H2,1-3H3,(H,40,41,43)(H,42,46,47). The first kappa shape index (κ1) is 36.5. The van der Waals surface area contributed by atoms with Crippen LogP contribution in [0.5, 0.6) is 11.5 Å². The van der Waals surface area contributed by atoms with Crippen LogP contribution in [0.15, 0.2) is 79.0 Å². The van der Waals surface area contributed by atoms with E-state index in [0.29, 0.717) is 48.6 Å². The van der Waals surface area contributed by atoms with Gasteiger partial charge < -0.3 is 14.4 Å². The van der Waals surface area contributed by atoms with Crippen LogP contribution >= 0.6 is 0 Å². The highest BCUT2D eigenvalue weighted by Crippen LogP contribution is 2.37. The van der Waals surface area contributed by atoms with Crippen molar-refractivity contribution in [2.24, 2.45) is 0 Å². The molecule has 0 aliphatic carbocycles. The van der Waals surface area contributed by atoms with E-state index in [1.165, 1.54) is 6.20 Å². The molecule has 0 saturated carbocycles. The Bertz CT molecular complexity index is 2220. The van der Waals surface area contributed by atoms with E-state index in [-0.39, 0.29) is 42.5 Å². The van der Waals surface area contributed by atoms with Crippen molar-refractivity contribution in [2.45, 2.75) is 63.7 Å². The fourth-order valence-corrected chi connectivity index (χ4v) is 7.53. The summed E-state index contributed by atoms with van der Waals surface area (Å²) in [5, 5.41) is 2.24. The zero-order valence-electron chi connectivity index (χ0n) is 30.1. The van der Waals surface area contributed by atoms with Gasteiger partial charge in [0.15, 0.2) is 0 Å². The largest absolute Gasteiger partial charge is 0.490 e. The topological polar surface area (TPSA) is 177 Å². The molecule has 2 fully saturated rings. The molecule has 1 unspecified atom stereocenters. The van der Waals surface area contributed by atoms with Crippen LogP contribution in [0.4, 0.5) is 11.6 Å². The quantitative estimate of drug-likeness (QED) is 0.210. The maximum atomic E-state index is 13.6. The SMILES string of the molecule is CC(C)(c1ccc(OCc2ccnc(NS(C)(=O)=O)n2)cc1)c1ccc(OC2CCN(c3cccc4c3C(=O)N(C3CCC(=O)NC3=O)C4=O)CC2)cc1. The fraction of sp³-hybridized carbons (Fsp3) is 0.333. The lowest BCUT2D eigenvalue weighted by atomic mass is 9.78. The second-order valence-corrected chi connectivity index (χ2v) is 15.9. The number of hydrogen-bond acceptors (Lipinski definition) is 11. The van der Waals surface area contributed by atoms with Gasteiger partial charge in [-0.25, -0.2) is 18.4 Å². The molecule has 0 spiro atoms. The van der Waals surface area contributed by atoms with Gasteiger partial charge in [-0.2, -0.15) is 0 Å². The number of imide groups is 2. The van der Waals surface area contributed by atoms with Crippen molar-refractivity contribution < 1.29 is 37.1 Å². The third kappa shape index (κ3) is 7.62. The number of nitrogens with zero attached hydrogens (tertiary/aromatic N) is 4. The molecule has 54 heavy (non-hydrogen) atoms. The summed E-state index contributed by atoms with van der Waals surface area (Å²) in [6.45, 7) is 5.67. The number of sulfonamides is 1. The maximum Gasteiger partial charge on any atom is 0.264 e. The molecule has 280 valence electrons. The summed E-state index contributed by atoms with van der Waals surface area (Å²) >= 11 is 0. The van der Waals surface area contributed by atoms with Crippen LogP contribution in [0.3, 0.4) is 0 Å². The third-order valence-electron chi connectivity index (χ3n) is 10.1. The average molecular weight is 753 g/mol. The Labute approximate surface area is 312 Å². The van der Waals surface area contributed by atoms with Crippen molar-refractivity contribution in [1.29, 1.82) is 0 Å². The van der Waals surface area contributed by atoms with Crippen LogP contribution in [0.1, 0.15) is 77.1 Å². The van der Waals surface area contributed by atoms with Gasteiger partial charge in [-0.05, 0) is 60.0 Å². The number of carbonyl (C=O) groups is 4. The summed E-state index contributed by atoms with van der Waals surface area (Å²) in [6, 6.07) is 21.8. The summed E-state index contributed by atoms with van der Waals surface area (Å²) in [6.07, 6.45) is 4.07. The van der Waals surface area contributed by atoms with E-state index in [4.69, 9.17) is 9.47 Å². The Morgan fingerprint density at radius 2 is 1.54 bits per heavy atom. The Kier molecular flexibility index (Phi) is 9.83. The van der Waals surface area contributed by atoms with Crippen molar-refractivity contribution >= 4 is 45.3 Å². The number of ether oxygens (including phenoxy) is 2. The van der Waals surface area contributed by atoms with Gasteiger partial charge in [0.25, 0.3) is 11.8 Å². The number of fused-ring (bicyclic) bond motifs is 1. The van der Waals surface area contributed by atoms with E-state index in [0.717, 1.165) is 28.0 Å². The smallest absolute Gasteiger partial charge is 0.264 e. The molecular weight excluding hydrogens is 713 g/mol. The molecule has 4 aromatic rings. The third-order valence-corrected chi connectivity index (χ3v) is 10.6. The first-order valence-corrected chi connectivity index (χ1v) is 19.6. The van der Waals surface area contributed by atoms with Crippen LogP contribution in [0, 0.1) is 0 Å². The van der Waals surface area contributed by atoms with Crippen molar-refractivity contribution in [1.82, 2.24) is 20.2 Å². The summed E-state index contributed by atoms with van der Waals surface area (Å²) in [5.74, 6) is -0.661. The van der Waals surface area contributed by atoms with Crippen LogP contribution in [-0.4, -0.2) is 78.4 Å². The molecular formula is C39H40N6O8S. The molecule has 1 aromatic heterocycles. The van der Waals surface area contributed by atoms with Crippen molar-refractivity contribution in [3.63, 3.8) is 0 Å². The minimum absolute atomic E-state index is 0.00969. The Morgan fingerprint density at radius 1 is 0.870 bits per heavy atom. The minimum Gasteiger partial charge on any atom is -0.490 e. The summed E-state index contributed by atoms with van der Waals surface area (Å²) in [7, 11) is -3.49. The molecule has 4 amide bonds. The normalized spacial score (nSPS) is 18.0. The molecule has 14 nitrogen and oxygen atoms in total. The number of anilines is 2. The second-order valence-electron chi connectivity index (χ2n) is 14.2. The molecule has 15 heteroatoms. The second kappa shape index (κ2) is 14.5. The van der Waals surface area contributed by atoms with Crippen molar-refractivity contribution in [3.8, 4) is 11.5 Å². The molecule has 3 aliphatic heterocycles. The van der Waals surface area contributed by atoms with Gasteiger partial charge >= 0.3 is 0 Å². The maximum absolute atomic E-state index is 13.6. The first-order valence-electron chi connectivity index (χ1n) is 17.7. The number of carbonyl (C=O) groups excluding carboxylic acids is 4. The lowest BCUT2D eigenvalue weighted by Crippen LogP contribution is -2.54. The molecule has 1 atom stereocenters. The van der Waals surface area contributed by atoms with Gasteiger partial charge in [0, 0.05) is 44.0 Å². The van der Waals surface area contributed by atoms with Crippen LogP contribution in [0.2, 0.25) is 0 Å². The lowest BCUT2D eigenvalue weighted by Gasteiger charge is -2.34. The summed E-state index contributed by atoms with van der Waals surface area (Å²) in [4.78, 5) is 62.3. The molecule has 0 bridgehead atoms. The van der Waals surface area contributed by atoms with E-state index in [1.807, 2.05) is 42.5 Å². The van der Waals surface area contributed by atoms with Gasteiger partial charge in [-0.1, -0.05) is 44.2 Å². The Hall–Kier alpha value is -5.83. The molecule has 7 rings (SSSR count). The van der Waals surface area contributed by atoms with E-state index >= 15 is 0 Å². The summed E-state index contributed by atoms with van der Waals surface area (Å²) < 4.78 is 37.5. The molecule has 4 heterocycles. The number of rotatable bonds is 11. The number of nitrogens with one attached hydrogen (secondary N) is 2. The number of aromatic nitrogens is 2. The van der Waals surface area contributed by atoms with E-state index in [2.05, 4.69) is 50.9 Å². The predicted molar refractivity (Wildman–Crippen MR) is 199 cm³/mol. The van der Waals surface area contributed by atoms with E-state index < -0.39 is 39.7 Å². The van der Waals surface area contributed by atoms with Crippen LogP contribution < -0.4 is 24.4 Å². The van der Waals surface area contributed by atoms with Gasteiger partial charge in [0.1, 0.15) is 30.3 Å².